The minimum absolute atomic E-state index is 0.118. The second-order valence-electron chi connectivity index (χ2n) is 5.85. The van der Waals surface area contributed by atoms with E-state index in [-0.39, 0.29) is 24.8 Å². The average Bonchev–Trinajstić information content (AvgIpc) is 3.19. The maximum Gasteiger partial charge on any atom is 0.287 e. The van der Waals surface area contributed by atoms with E-state index in [4.69, 9.17) is 9.15 Å². The number of rotatable bonds is 9. The van der Waals surface area contributed by atoms with Crippen LogP contribution >= 0.6 is 0 Å². The lowest BCUT2D eigenvalue weighted by molar-refractivity contribution is -0.125. The zero-order valence-electron chi connectivity index (χ0n) is 15.3. The molecule has 8 nitrogen and oxygen atoms in total. The highest BCUT2D eigenvalue weighted by atomic mass is 16.5. The number of amides is 3. The van der Waals surface area contributed by atoms with Crippen LogP contribution in [0.15, 0.2) is 41.0 Å². The minimum atomic E-state index is -0.494. The van der Waals surface area contributed by atoms with Crippen molar-refractivity contribution in [3.05, 3.63) is 53.5 Å². The first kappa shape index (κ1) is 20.0. The van der Waals surface area contributed by atoms with E-state index in [0.717, 1.165) is 16.9 Å². The van der Waals surface area contributed by atoms with E-state index in [1.165, 1.54) is 12.3 Å². The molecular formula is C19H23N3O5. The van der Waals surface area contributed by atoms with Gasteiger partial charge in [-0.15, -0.1) is 0 Å². The molecular weight excluding hydrogens is 350 g/mol. The quantitative estimate of drug-likeness (QED) is 0.602. The van der Waals surface area contributed by atoms with Crippen molar-refractivity contribution < 1.29 is 23.5 Å². The molecule has 1 heterocycles. The van der Waals surface area contributed by atoms with Crippen molar-refractivity contribution in [2.75, 3.05) is 26.7 Å². The van der Waals surface area contributed by atoms with Gasteiger partial charge in [0.2, 0.25) is 11.8 Å². The van der Waals surface area contributed by atoms with Crippen molar-refractivity contribution in [1.82, 2.24) is 16.0 Å². The zero-order valence-corrected chi connectivity index (χ0v) is 15.3. The van der Waals surface area contributed by atoms with E-state index in [0.29, 0.717) is 13.0 Å². The highest BCUT2D eigenvalue weighted by Crippen LogP contribution is 2.19. The lowest BCUT2D eigenvalue weighted by Crippen LogP contribution is -2.42. The van der Waals surface area contributed by atoms with Crippen LogP contribution in [0.3, 0.4) is 0 Å². The Kier molecular flexibility index (Phi) is 7.42. The van der Waals surface area contributed by atoms with Gasteiger partial charge in [0.25, 0.3) is 5.91 Å². The van der Waals surface area contributed by atoms with Crippen molar-refractivity contribution >= 4 is 17.7 Å². The van der Waals surface area contributed by atoms with Crippen LogP contribution in [0.1, 0.15) is 21.7 Å². The van der Waals surface area contributed by atoms with Crippen LogP contribution in [0, 0.1) is 6.92 Å². The van der Waals surface area contributed by atoms with Gasteiger partial charge in [-0.2, -0.15) is 0 Å². The smallest absolute Gasteiger partial charge is 0.287 e. The summed E-state index contributed by atoms with van der Waals surface area (Å²) in [6, 6.07) is 8.93. The molecule has 0 atom stereocenters. The minimum Gasteiger partial charge on any atom is -0.496 e. The van der Waals surface area contributed by atoms with Crippen LogP contribution in [0.5, 0.6) is 5.75 Å². The number of nitrogens with one attached hydrogen (secondary N) is 3. The second-order valence-corrected chi connectivity index (χ2v) is 5.85. The van der Waals surface area contributed by atoms with E-state index < -0.39 is 11.8 Å². The van der Waals surface area contributed by atoms with Crippen molar-refractivity contribution in [2.24, 2.45) is 0 Å². The van der Waals surface area contributed by atoms with E-state index in [1.54, 1.807) is 13.2 Å². The Hall–Kier alpha value is -3.29. The van der Waals surface area contributed by atoms with Crippen LogP contribution in [-0.2, 0) is 16.0 Å². The largest absolute Gasteiger partial charge is 0.496 e. The topological polar surface area (TPSA) is 110 Å². The van der Waals surface area contributed by atoms with Gasteiger partial charge in [0.1, 0.15) is 5.75 Å². The molecule has 2 aromatic rings. The lowest BCUT2D eigenvalue weighted by atomic mass is 10.1. The molecule has 0 fully saturated rings. The fraction of sp³-hybridized carbons (Fsp3) is 0.316. The summed E-state index contributed by atoms with van der Waals surface area (Å²) < 4.78 is 10.2. The third-order valence-electron chi connectivity index (χ3n) is 3.75. The maximum absolute atomic E-state index is 11.8. The summed E-state index contributed by atoms with van der Waals surface area (Å²) in [5.74, 6) is -0.382. The molecule has 8 heteroatoms. The van der Waals surface area contributed by atoms with Gasteiger partial charge in [-0.1, -0.05) is 17.7 Å². The number of carbonyl (C=O) groups excluding carboxylic acids is 3. The molecule has 3 N–H and O–H groups in total. The van der Waals surface area contributed by atoms with Crippen LogP contribution < -0.4 is 20.7 Å². The Bertz CT molecular complexity index is 787. The molecule has 0 unspecified atom stereocenters. The van der Waals surface area contributed by atoms with Gasteiger partial charge in [0.05, 0.1) is 26.5 Å². The normalized spacial score (nSPS) is 10.1. The molecule has 0 aliphatic rings. The fourth-order valence-corrected chi connectivity index (χ4v) is 2.40. The molecule has 144 valence electrons. The summed E-state index contributed by atoms with van der Waals surface area (Å²) in [5.41, 5.74) is 2.11. The predicted octanol–water partition coefficient (Wildman–Crippen LogP) is 0.802. The van der Waals surface area contributed by atoms with E-state index in [1.807, 2.05) is 25.1 Å². The fourth-order valence-electron chi connectivity index (χ4n) is 2.40. The molecule has 2 rings (SSSR count). The average molecular weight is 373 g/mol. The third-order valence-corrected chi connectivity index (χ3v) is 3.75. The van der Waals surface area contributed by atoms with E-state index >= 15 is 0 Å². The molecule has 0 bridgehead atoms. The molecule has 27 heavy (non-hydrogen) atoms. The zero-order chi connectivity index (χ0) is 19.6. The van der Waals surface area contributed by atoms with Gasteiger partial charge in [-0.3, -0.25) is 14.4 Å². The third kappa shape index (κ3) is 6.50. The summed E-state index contributed by atoms with van der Waals surface area (Å²) in [4.78, 5) is 35.1. The summed E-state index contributed by atoms with van der Waals surface area (Å²) in [6.07, 6.45) is 1.98. The first-order valence-corrected chi connectivity index (χ1v) is 8.48. The van der Waals surface area contributed by atoms with Gasteiger partial charge in [0, 0.05) is 6.54 Å². The molecule has 0 saturated heterocycles. The highest BCUT2D eigenvalue weighted by Gasteiger charge is 2.11. The summed E-state index contributed by atoms with van der Waals surface area (Å²) in [7, 11) is 1.60. The van der Waals surface area contributed by atoms with Gasteiger partial charge in [-0.05, 0) is 37.1 Å². The highest BCUT2D eigenvalue weighted by molar-refractivity contribution is 5.94. The molecule has 0 radical (unpaired) electrons. The number of ether oxygens (including phenoxy) is 1. The molecule has 1 aromatic carbocycles. The number of carbonyl (C=O) groups is 3. The summed E-state index contributed by atoms with van der Waals surface area (Å²) in [5, 5.41) is 7.58. The Balaban J connectivity index is 1.65. The van der Waals surface area contributed by atoms with Crippen LogP contribution in [0.25, 0.3) is 0 Å². The molecule has 1 aromatic heterocycles. The van der Waals surface area contributed by atoms with Crippen LogP contribution in [-0.4, -0.2) is 44.5 Å². The first-order valence-electron chi connectivity index (χ1n) is 8.48. The molecule has 0 aliphatic heterocycles. The Morgan fingerprint density at radius 1 is 1.04 bits per heavy atom. The predicted molar refractivity (Wildman–Crippen MR) is 98.5 cm³/mol. The Labute approximate surface area is 157 Å². The van der Waals surface area contributed by atoms with Crippen molar-refractivity contribution in [3.63, 3.8) is 0 Å². The van der Waals surface area contributed by atoms with Gasteiger partial charge >= 0.3 is 0 Å². The maximum atomic E-state index is 11.8. The van der Waals surface area contributed by atoms with Crippen LogP contribution in [0.4, 0.5) is 0 Å². The van der Waals surface area contributed by atoms with Gasteiger partial charge in [-0.25, -0.2) is 0 Å². The molecule has 0 aliphatic carbocycles. The number of hydrogen-bond acceptors (Lipinski definition) is 5. The van der Waals surface area contributed by atoms with Gasteiger partial charge in [0.15, 0.2) is 5.76 Å². The summed E-state index contributed by atoms with van der Waals surface area (Å²) >= 11 is 0. The SMILES string of the molecule is COc1ccc(C)cc1CCNC(=O)CNC(=O)CNC(=O)c1ccco1. The summed E-state index contributed by atoms with van der Waals surface area (Å²) in [6.45, 7) is 2.00. The lowest BCUT2D eigenvalue weighted by Gasteiger charge is -2.11. The van der Waals surface area contributed by atoms with Crippen molar-refractivity contribution in [2.45, 2.75) is 13.3 Å². The number of methoxy groups -OCH3 is 1. The number of benzene rings is 1. The number of aryl methyl sites for hydroxylation is 1. The Morgan fingerprint density at radius 3 is 2.48 bits per heavy atom. The first-order chi connectivity index (χ1) is 13.0. The Morgan fingerprint density at radius 2 is 1.78 bits per heavy atom. The standard InChI is InChI=1S/C19H23N3O5/c1-13-5-6-15(26-2)14(10-13)7-8-20-17(23)11-21-18(24)12-22-19(25)16-4-3-9-27-16/h3-6,9-10H,7-8,11-12H2,1-2H3,(H,20,23)(H,21,24)(H,22,25). The number of hydrogen-bond donors (Lipinski definition) is 3. The molecule has 3 amide bonds. The monoisotopic (exact) mass is 373 g/mol. The molecule has 0 saturated carbocycles. The molecule has 0 spiro atoms. The van der Waals surface area contributed by atoms with Crippen molar-refractivity contribution in [3.8, 4) is 5.75 Å². The second kappa shape index (κ2) is 10.0. The van der Waals surface area contributed by atoms with Crippen molar-refractivity contribution in [1.29, 1.82) is 0 Å². The van der Waals surface area contributed by atoms with E-state index in [2.05, 4.69) is 16.0 Å². The van der Waals surface area contributed by atoms with E-state index in [9.17, 15) is 14.4 Å². The number of furan rings is 1. The van der Waals surface area contributed by atoms with Crippen LogP contribution in [0.2, 0.25) is 0 Å². The van der Waals surface area contributed by atoms with Gasteiger partial charge < -0.3 is 25.1 Å².